The molecule has 1 N–H and O–H groups in total. The molecule has 0 radical (unpaired) electrons. The molecule has 0 atom stereocenters. The lowest BCUT2D eigenvalue weighted by Gasteiger charge is -2.13. The third kappa shape index (κ3) is 3.16. The van der Waals surface area contributed by atoms with Crippen LogP contribution in [0.2, 0.25) is 0 Å². The van der Waals surface area contributed by atoms with E-state index >= 15 is 0 Å². The summed E-state index contributed by atoms with van der Waals surface area (Å²) in [5, 5.41) is 10.2. The molecule has 0 amide bonds. The number of nitrogens with one attached hydrogen (secondary N) is 1. The Hall–Kier alpha value is -2.10. The first-order valence-corrected chi connectivity index (χ1v) is 8.24. The molecule has 1 fully saturated rings. The zero-order valence-corrected chi connectivity index (χ0v) is 12.5. The molecule has 0 spiro atoms. The monoisotopic (exact) mass is 347 g/mol. The summed E-state index contributed by atoms with van der Waals surface area (Å²) >= 11 is 0. The molecule has 1 heterocycles. The second-order valence-corrected chi connectivity index (χ2v) is 7.02. The van der Waals surface area contributed by atoms with Crippen LogP contribution in [-0.4, -0.2) is 24.1 Å². The lowest BCUT2D eigenvalue weighted by atomic mass is 10.3. The van der Waals surface area contributed by atoms with Crippen molar-refractivity contribution in [2.45, 2.75) is 35.7 Å². The molecule has 3 rings (SSSR count). The number of halogens is 3. The van der Waals surface area contributed by atoms with E-state index in [0.29, 0.717) is 5.89 Å². The van der Waals surface area contributed by atoms with E-state index in [1.54, 1.807) is 0 Å². The molecule has 0 unspecified atom stereocenters. The molecule has 10 heteroatoms. The van der Waals surface area contributed by atoms with Crippen molar-refractivity contribution < 1.29 is 26.0 Å². The predicted octanol–water partition coefficient (Wildman–Crippen LogP) is 2.85. The largest absolute Gasteiger partial charge is 0.501 e. The minimum absolute atomic E-state index is 0.0654. The topological polar surface area (TPSA) is 85.1 Å². The van der Waals surface area contributed by atoms with E-state index < -0.39 is 20.2 Å². The van der Waals surface area contributed by atoms with Gasteiger partial charge in [0.25, 0.3) is 9.84 Å². The fraction of sp³-hybridized carbons (Fsp3) is 0.385. The van der Waals surface area contributed by atoms with Crippen LogP contribution in [0.15, 0.2) is 33.6 Å². The SMILES string of the molecule is O=S(=O)(c1ccccc1NCc1nnc(C2CC2)o1)C(F)(F)F. The number of benzene rings is 1. The maximum atomic E-state index is 12.7. The van der Waals surface area contributed by atoms with Crippen LogP contribution >= 0.6 is 0 Å². The normalized spacial score (nSPS) is 15.6. The van der Waals surface area contributed by atoms with Gasteiger partial charge in [0.05, 0.1) is 17.1 Å². The minimum Gasteiger partial charge on any atom is -0.423 e. The predicted molar refractivity (Wildman–Crippen MR) is 73.3 cm³/mol. The van der Waals surface area contributed by atoms with Gasteiger partial charge in [-0.15, -0.1) is 10.2 Å². The van der Waals surface area contributed by atoms with Gasteiger partial charge in [-0.1, -0.05) is 12.1 Å². The Bertz CT molecular complexity index is 813. The highest BCUT2D eigenvalue weighted by Crippen LogP contribution is 2.39. The number of para-hydroxylation sites is 1. The lowest BCUT2D eigenvalue weighted by molar-refractivity contribution is -0.0435. The molecular formula is C13H12F3N3O3S. The maximum Gasteiger partial charge on any atom is 0.501 e. The first-order valence-electron chi connectivity index (χ1n) is 6.75. The van der Waals surface area contributed by atoms with Gasteiger partial charge in [0.1, 0.15) is 0 Å². The Labute approximate surface area is 129 Å². The van der Waals surface area contributed by atoms with Crippen molar-refractivity contribution in [3.05, 3.63) is 36.0 Å². The first-order chi connectivity index (χ1) is 10.8. The van der Waals surface area contributed by atoms with Crippen LogP contribution in [0.5, 0.6) is 0 Å². The van der Waals surface area contributed by atoms with Crippen LogP contribution in [0.3, 0.4) is 0 Å². The minimum atomic E-state index is -5.44. The number of anilines is 1. The van der Waals surface area contributed by atoms with Crippen molar-refractivity contribution in [1.29, 1.82) is 0 Å². The zero-order chi connectivity index (χ0) is 16.7. The van der Waals surface area contributed by atoms with E-state index in [-0.39, 0.29) is 24.0 Å². The summed E-state index contributed by atoms with van der Waals surface area (Å²) in [4.78, 5) is -0.838. The van der Waals surface area contributed by atoms with Gasteiger partial charge >= 0.3 is 5.51 Å². The summed E-state index contributed by atoms with van der Waals surface area (Å²) in [5.74, 6) is 0.943. The standard InChI is InChI=1S/C13H12F3N3O3S/c14-13(15,16)23(20,21)10-4-2-1-3-9(10)17-7-11-18-19-12(22-11)8-5-6-8/h1-4,8,17H,5-7H2. The number of rotatable bonds is 5. The van der Waals surface area contributed by atoms with Gasteiger partial charge in [-0.25, -0.2) is 8.42 Å². The number of nitrogens with zero attached hydrogens (tertiary/aromatic N) is 2. The fourth-order valence-corrected chi connectivity index (χ4v) is 2.91. The number of aromatic nitrogens is 2. The van der Waals surface area contributed by atoms with Crippen molar-refractivity contribution in [2.24, 2.45) is 0 Å². The summed E-state index contributed by atoms with van der Waals surface area (Å²) in [6.07, 6.45) is 1.95. The van der Waals surface area contributed by atoms with E-state index in [4.69, 9.17) is 4.42 Å². The van der Waals surface area contributed by atoms with E-state index in [9.17, 15) is 21.6 Å². The van der Waals surface area contributed by atoms with Gasteiger partial charge < -0.3 is 9.73 Å². The van der Waals surface area contributed by atoms with Gasteiger partial charge in [0.2, 0.25) is 11.8 Å². The summed E-state index contributed by atoms with van der Waals surface area (Å²) in [7, 11) is -5.44. The van der Waals surface area contributed by atoms with Crippen molar-refractivity contribution in [2.75, 3.05) is 5.32 Å². The van der Waals surface area contributed by atoms with Gasteiger partial charge in [-0.2, -0.15) is 13.2 Å². The van der Waals surface area contributed by atoms with Crippen LogP contribution in [-0.2, 0) is 16.4 Å². The summed E-state index contributed by atoms with van der Waals surface area (Å²) in [5.41, 5.74) is -5.54. The lowest BCUT2D eigenvalue weighted by Crippen LogP contribution is -2.24. The van der Waals surface area contributed by atoms with Crippen molar-refractivity contribution in [3.63, 3.8) is 0 Å². The second kappa shape index (κ2) is 5.52. The molecular weight excluding hydrogens is 335 g/mol. The van der Waals surface area contributed by atoms with Crippen molar-refractivity contribution in [1.82, 2.24) is 10.2 Å². The Kier molecular flexibility index (Phi) is 3.78. The molecule has 1 aromatic carbocycles. The molecule has 124 valence electrons. The second-order valence-electron chi connectivity index (χ2n) is 5.11. The van der Waals surface area contributed by atoms with E-state index in [1.165, 1.54) is 18.2 Å². The molecule has 23 heavy (non-hydrogen) atoms. The first kappa shape index (κ1) is 15.8. The van der Waals surface area contributed by atoms with E-state index in [0.717, 1.165) is 18.9 Å². The Morgan fingerprint density at radius 3 is 2.57 bits per heavy atom. The van der Waals surface area contributed by atoms with Gasteiger partial charge in [0.15, 0.2) is 0 Å². The third-order valence-electron chi connectivity index (χ3n) is 3.32. The Balaban J connectivity index is 1.80. The molecule has 1 aliphatic carbocycles. The molecule has 1 saturated carbocycles. The average Bonchev–Trinajstić information content (AvgIpc) is 3.23. The third-order valence-corrected chi connectivity index (χ3v) is 4.86. The van der Waals surface area contributed by atoms with Crippen LogP contribution in [0.1, 0.15) is 30.5 Å². The molecule has 1 aliphatic rings. The number of hydrogen-bond donors (Lipinski definition) is 1. The number of alkyl halides is 3. The van der Waals surface area contributed by atoms with Crippen LogP contribution < -0.4 is 5.32 Å². The summed E-state index contributed by atoms with van der Waals surface area (Å²) in [6.45, 7) is -0.0654. The van der Waals surface area contributed by atoms with Gasteiger partial charge in [-0.3, -0.25) is 0 Å². The zero-order valence-electron chi connectivity index (χ0n) is 11.7. The van der Waals surface area contributed by atoms with Crippen LogP contribution in [0, 0.1) is 0 Å². The molecule has 0 aliphatic heterocycles. The Morgan fingerprint density at radius 2 is 1.91 bits per heavy atom. The van der Waals surface area contributed by atoms with E-state index in [1.807, 2.05) is 0 Å². The van der Waals surface area contributed by atoms with Crippen LogP contribution in [0.25, 0.3) is 0 Å². The molecule has 6 nitrogen and oxygen atoms in total. The highest BCUT2D eigenvalue weighted by Gasteiger charge is 2.47. The van der Waals surface area contributed by atoms with Crippen molar-refractivity contribution >= 4 is 15.5 Å². The van der Waals surface area contributed by atoms with Gasteiger partial charge in [0, 0.05) is 5.92 Å². The van der Waals surface area contributed by atoms with Crippen LogP contribution in [0.4, 0.5) is 18.9 Å². The summed E-state index contributed by atoms with van der Waals surface area (Å²) < 4.78 is 66.6. The fourth-order valence-electron chi connectivity index (χ4n) is 1.98. The number of hydrogen-bond acceptors (Lipinski definition) is 6. The quantitative estimate of drug-likeness (QED) is 0.895. The molecule has 0 bridgehead atoms. The smallest absolute Gasteiger partial charge is 0.423 e. The van der Waals surface area contributed by atoms with Gasteiger partial charge in [-0.05, 0) is 25.0 Å². The average molecular weight is 347 g/mol. The molecule has 2 aromatic rings. The highest BCUT2D eigenvalue weighted by atomic mass is 32.2. The molecule has 0 saturated heterocycles. The molecule has 1 aromatic heterocycles. The number of sulfone groups is 1. The van der Waals surface area contributed by atoms with E-state index in [2.05, 4.69) is 15.5 Å². The van der Waals surface area contributed by atoms with Crippen molar-refractivity contribution in [3.8, 4) is 0 Å². The Morgan fingerprint density at radius 1 is 1.22 bits per heavy atom. The maximum absolute atomic E-state index is 12.7. The summed E-state index contributed by atoms with van der Waals surface area (Å²) in [6, 6.07) is 4.80. The highest BCUT2D eigenvalue weighted by molar-refractivity contribution is 7.92.